The molecule has 3 nitrogen and oxygen atoms in total. The van der Waals surface area contributed by atoms with E-state index >= 15 is 0 Å². The van der Waals surface area contributed by atoms with Crippen molar-refractivity contribution >= 4 is 29.6 Å². The van der Waals surface area contributed by atoms with E-state index in [9.17, 15) is 0 Å². The molecule has 0 bridgehead atoms. The van der Waals surface area contributed by atoms with Crippen molar-refractivity contribution in [3.63, 3.8) is 0 Å². The highest BCUT2D eigenvalue weighted by Crippen LogP contribution is 2.12. The third-order valence-electron chi connectivity index (χ3n) is 5.23. The molecule has 0 fully saturated rings. The lowest BCUT2D eigenvalue weighted by Gasteiger charge is -2.06. The van der Waals surface area contributed by atoms with E-state index in [4.69, 9.17) is 12.2 Å². The van der Waals surface area contributed by atoms with Crippen LogP contribution in [0, 0.1) is 0 Å². The Balaban J connectivity index is 1.82. The van der Waals surface area contributed by atoms with Crippen molar-refractivity contribution in [2.75, 3.05) is 6.54 Å². The van der Waals surface area contributed by atoms with Crippen molar-refractivity contribution in [1.82, 2.24) is 10.7 Å². The molecule has 0 atom stereocenters. The molecule has 1 rings (SSSR count). The summed E-state index contributed by atoms with van der Waals surface area (Å²) >= 11 is 5.24. The van der Waals surface area contributed by atoms with Gasteiger partial charge in [-0.3, -0.25) is 5.43 Å². The Morgan fingerprint density at radius 1 is 0.800 bits per heavy atom. The minimum absolute atomic E-state index is 0.592. The first kappa shape index (κ1) is 26.4. The van der Waals surface area contributed by atoms with E-state index < -0.39 is 0 Å². The maximum Gasteiger partial charge on any atom is 0.186 e. The molecule has 30 heavy (non-hydrogen) atoms. The first-order valence-corrected chi connectivity index (χ1v) is 12.5. The van der Waals surface area contributed by atoms with E-state index in [0.717, 1.165) is 18.5 Å². The van der Waals surface area contributed by atoms with E-state index in [1.54, 1.807) is 6.21 Å². The van der Waals surface area contributed by atoms with Gasteiger partial charge in [-0.25, -0.2) is 0 Å². The summed E-state index contributed by atoms with van der Waals surface area (Å²) in [4.78, 5) is 0. The van der Waals surface area contributed by atoms with Crippen molar-refractivity contribution < 1.29 is 0 Å². The monoisotopic (exact) mass is 429 g/mol. The molecule has 1 aromatic rings. The molecule has 0 amide bonds. The van der Waals surface area contributed by atoms with Crippen LogP contribution in [-0.4, -0.2) is 17.9 Å². The smallest absolute Gasteiger partial charge is 0.186 e. The first-order chi connectivity index (χ1) is 14.8. The zero-order valence-corrected chi connectivity index (χ0v) is 19.9. The van der Waals surface area contributed by atoms with Gasteiger partial charge in [0.1, 0.15) is 0 Å². The molecule has 0 heterocycles. The van der Waals surface area contributed by atoms with Gasteiger partial charge in [-0.05, 0) is 30.3 Å². The van der Waals surface area contributed by atoms with Crippen LogP contribution in [0.15, 0.2) is 41.5 Å². The SMILES string of the molecule is CCCCCCCCCCCCCCCCNC(=S)NN=CC=Cc1ccccc1. The molecule has 0 radical (unpaired) electrons. The normalized spacial score (nSPS) is 11.4. The number of rotatable bonds is 18. The summed E-state index contributed by atoms with van der Waals surface area (Å²) < 4.78 is 0. The van der Waals surface area contributed by atoms with Crippen LogP contribution in [0.2, 0.25) is 0 Å². The van der Waals surface area contributed by atoms with Gasteiger partial charge in [0.05, 0.1) is 0 Å². The lowest BCUT2D eigenvalue weighted by atomic mass is 10.0. The fourth-order valence-electron chi connectivity index (χ4n) is 3.42. The lowest BCUT2D eigenvalue weighted by Crippen LogP contribution is -2.32. The Morgan fingerprint density at radius 3 is 1.90 bits per heavy atom. The van der Waals surface area contributed by atoms with Gasteiger partial charge in [-0.2, -0.15) is 5.10 Å². The number of nitrogens with zero attached hydrogens (tertiary/aromatic N) is 1. The van der Waals surface area contributed by atoms with E-state index in [1.165, 1.54) is 83.5 Å². The average molecular weight is 430 g/mol. The number of hydrogen-bond donors (Lipinski definition) is 2. The quantitative estimate of drug-likeness (QED) is 0.109. The molecule has 0 aliphatic carbocycles. The highest BCUT2D eigenvalue weighted by molar-refractivity contribution is 7.80. The largest absolute Gasteiger partial charge is 0.361 e. The Bertz CT molecular complexity index is 569. The number of thiocarbonyl (C=S) groups is 1. The molecule has 1 aromatic carbocycles. The van der Waals surface area contributed by atoms with E-state index in [0.29, 0.717) is 5.11 Å². The lowest BCUT2D eigenvalue weighted by molar-refractivity contribution is 0.535. The topological polar surface area (TPSA) is 36.4 Å². The Hall–Kier alpha value is -1.68. The Morgan fingerprint density at radius 2 is 1.33 bits per heavy atom. The second-order valence-electron chi connectivity index (χ2n) is 8.01. The van der Waals surface area contributed by atoms with Gasteiger partial charge in [-0.1, -0.05) is 127 Å². The van der Waals surface area contributed by atoms with Crippen LogP contribution in [0.25, 0.3) is 6.08 Å². The van der Waals surface area contributed by atoms with Crippen molar-refractivity contribution in [3.05, 3.63) is 42.0 Å². The predicted molar refractivity (Wildman–Crippen MR) is 138 cm³/mol. The minimum Gasteiger partial charge on any atom is -0.361 e. The van der Waals surface area contributed by atoms with Gasteiger partial charge in [0.2, 0.25) is 0 Å². The molecule has 0 aromatic heterocycles. The molecule has 0 aliphatic heterocycles. The second-order valence-corrected chi connectivity index (χ2v) is 8.42. The molecule has 0 aliphatic rings. The molecular formula is C26H43N3S. The summed E-state index contributed by atoms with van der Waals surface area (Å²) in [6.07, 6.45) is 25.0. The van der Waals surface area contributed by atoms with Crippen LogP contribution >= 0.6 is 12.2 Å². The highest BCUT2D eigenvalue weighted by Gasteiger charge is 1.95. The van der Waals surface area contributed by atoms with Crippen molar-refractivity contribution in [1.29, 1.82) is 0 Å². The molecule has 2 N–H and O–H groups in total. The summed E-state index contributed by atoms with van der Waals surface area (Å²) in [5.74, 6) is 0. The standard InChI is InChI=1S/C26H43N3S/c1-2-3-4-5-6-7-8-9-10-11-12-13-14-18-23-27-26(30)29-28-24-19-22-25-20-16-15-17-21-25/h15-17,19-22,24H,2-14,18,23H2,1H3,(H2,27,29,30). The molecule has 0 unspecified atom stereocenters. The van der Waals surface area contributed by atoms with E-state index in [1.807, 2.05) is 30.4 Å². The number of hydrogen-bond acceptors (Lipinski definition) is 2. The number of nitrogens with one attached hydrogen (secondary N) is 2. The van der Waals surface area contributed by atoms with Crippen LogP contribution in [0.1, 0.15) is 102 Å². The molecule has 0 saturated heterocycles. The maximum atomic E-state index is 5.24. The number of benzene rings is 1. The summed E-state index contributed by atoms with van der Waals surface area (Å²) in [6, 6.07) is 10.2. The van der Waals surface area contributed by atoms with Gasteiger partial charge in [0.15, 0.2) is 5.11 Å². The molecule has 0 spiro atoms. The van der Waals surface area contributed by atoms with Gasteiger partial charge in [-0.15, -0.1) is 0 Å². The summed E-state index contributed by atoms with van der Waals surface area (Å²) in [5, 5.41) is 7.92. The summed E-state index contributed by atoms with van der Waals surface area (Å²) in [7, 11) is 0. The van der Waals surface area contributed by atoms with Gasteiger partial charge in [0.25, 0.3) is 0 Å². The third kappa shape index (κ3) is 17.2. The van der Waals surface area contributed by atoms with E-state index in [2.05, 4.69) is 34.9 Å². The zero-order chi connectivity index (χ0) is 21.5. The van der Waals surface area contributed by atoms with Gasteiger partial charge >= 0.3 is 0 Å². The van der Waals surface area contributed by atoms with Gasteiger partial charge < -0.3 is 5.32 Å². The van der Waals surface area contributed by atoms with Crippen LogP contribution in [0.4, 0.5) is 0 Å². The van der Waals surface area contributed by atoms with Crippen molar-refractivity contribution in [3.8, 4) is 0 Å². The van der Waals surface area contributed by atoms with Crippen molar-refractivity contribution in [2.45, 2.75) is 96.8 Å². The average Bonchev–Trinajstić information content (AvgIpc) is 2.77. The van der Waals surface area contributed by atoms with Crippen LogP contribution < -0.4 is 10.7 Å². The van der Waals surface area contributed by atoms with Crippen LogP contribution in [0.5, 0.6) is 0 Å². The maximum absolute atomic E-state index is 5.24. The Labute approximate surface area is 190 Å². The fraction of sp³-hybridized carbons (Fsp3) is 0.615. The molecule has 0 saturated carbocycles. The van der Waals surface area contributed by atoms with Crippen LogP contribution in [-0.2, 0) is 0 Å². The number of unbranched alkanes of at least 4 members (excludes halogenated alkanes) is 13. The summed E-state index contributed by atoms with van der Waals surface area (Å²) in [6.45, 7) is 3.20. The van der Waals surface area contributed by atoms with Gasteiger partial charge in [0, 0.05) is 12.8 Å². The zero-order valence-electron chi connectivity index (χ0n) is 19.1. The van der Waals surface area contributed by atoms with Crippen molar-refractivity contribution in [2.24, 2.45) is 5.10 Å². The highest BCUT2D eigenvalue weighted by atomic mass is 32.1. The first-order valence-electron chi connectivity index (χ1n) is 12.1. The van der Waals surface area contributed by atoms with E-state index in [-0.39, 0.29) is 0 Å². The minimum atomic E-state index is 0.592. The number of allylic oxidation sites excluding steroid dienone is 1. The fourth-order valence-corrected chi connectivity index (χ4v) is 3.57. The predicted octanol–water partition coefficient (Wildman–Crippen LogP) is 7.63. The number of hydrazone groups is 1. The molecular weight excluding hydrogens is 386 g/mol. The summed E-state index contributed by atoms with van der Waals surface area (Å²) in [5.41, 5.74) is 4.01. The molecule has 168 valence electrons. The Kier molecular flexibility index (Phi) is 18.1. The molecule has 4 heteroatoms. The van der Waals surface area contributed by atoms with Crippen LogP contribution in [0.3, 0.4) is 0 Å². The third-order valence-corrected chi connectivity index (χ3v) is 5.47. The second kappa shape index (κ2) is 20.6.